The smallest absolute Gasteiger partial charge is 0.185 e. The molecule has 0 N–H and O–H groups in total. The van der Waals surface area contributed by atoms with Gasteiger partial charge < -0.3 is 0 Å². The lowest BCUT2D eigenvalue weighted by atomic mass is 9.91. The number of allylic oxidation sites excluding steroid dienone is 6. The Morgan fingerprint density at radius 2 is 1.41 bits per heavy atom. The van der Waals surface area contributed by atoms with Crippen LogP contribution in [0, 0.1) is 17.8 Å². The summed E-state index contributed by atoms with van der Waals surface area (Å²) in [5.74, 6) is 2.45. The number of hydrogen-bond acceptors (Lipinski definition) is 2. The van der Waals surface area contributed by atoms with Crippen LogP contribution in [0.4, 0.5) is 0 Å². The first-order valence-corrected chi connectivity index (χ1v) is 11.8. The lowest BCUT2D eigenvalue weighted by molar-refractivity contribution is -0.115. The Morgan fingerprint density at radius 1 is 0.862 bits per heavy atom. The molecule has 2 heteroatoms. The minimum Gasteiger partial charge on any atom is -0.290 e. The molecule has 0 unspecified atom stereocenters. The van der Waals surface area contributed by atoms with Gasteiger partial charge in [0.1, 0.15) is 0 Å². The van der Waals surface area contributed by atoms with E-state index < -0.39 is 0 Å². The molecule has 0 amide bonds. The zero-order valence-electron chi connectivity index (χ0n) is 19.9. The number of hydrogen-bond donors (Lipinski definition) is 0. The Kier molecular flexibility index (Phi) is 12.1. The summed E-state index contributed by atoms with van der Waals surface area (Å²) in [5.41, 5.74) is 2.51. The Labute approximate surface area is 179 Å². The zero-order valence-corrected chi connectivity index (χ0v) is 19.9. The molecule has 0 saturated carbocycles. The van der Waals surface area contributed by atoms with Crippen molar-refractivity contribution in [1.29, 1.82) is 0 Å². The molecule has 0 aliphatic heterocycles. The summed E-state index contributed by atoms with van der Waals surface area (Å²) >= 11 is 0. The van der Waals surface area contributed by atoms with Crippen molar-refractivity contribution in [3.63, 3.8) is 0 Å². The number of Topliss-reactive ketones (excluding diaryl/α,β-unsaturated/α-hetero) is 1. The van der Waals surface area contributed by atoms with E-state index in [1.54, 1.807) is 6.92 Å². The van der Waals surface area contributed by atoms with Crippen LogP contribution in [0.3, 0.4) is 0 Å². The molecule has 1 aliphatic carbocycles. The maximum absolute atomic E-state index is 12.1. The highest BCUT2D eigenvalue weighted by molar-refractivity contribution is 6.20. The van der Waals surface area contributed by atoms with Gasteiger partial charge in [0.25, 0.3) is 0 Å². The summed E-state index contributed by atoms with van der Waals surface area (Å²) in [6.45, 7) is 13.3. The summed E-state index contributed by atoms with van der Waals surface area (Å²) in [7, 11) is 0. The van der Waals surface area contributed by atoms with Crippen molar-refractivity contribution >= 4 is 11.6 Å². The zero-order chi connectivity index (χ0) is 21.8. The largest absolute Gasteiger partial charge is 0.290 e. The molecule has 1 aliphatic rings. The topological polar surface area (TPSA) is 34.1 Å². The molecule has 0 bridgehead atoms. The van der Waals surface area contributed by atoms with Crippen molar-refractivity contribution in [3.8, 4) is 0 Å². The molecule has 0 fully saturated rings. The quantitative estimate of drug-likeness (QED) is 0.220. The van der Waals surface area contributed by atoms with Crippen LogP contribution in [0.2, 0.25) is 0 Å². The third-order valence-electron chi connectivity index (χ3n) is 6.14. The minimum atomic E-state index is -0.0637. The first-order valence-electron chi connectivity index (χ1n) is 11.8. The minimum absolute atomic E-state index is 0.0145. The van der Waals surface area contributed by atoms with Gasteiger partial charge >= 0.3 is 0 Å². The lowest BCUT2D eigenvalue weighted by Crippen LogP contribution is -2.12. The predicted molar refractivity (Wildman–Crippen MR) is 125 cm³/mol. The van der Waals surface area contributed by atoms with E-state index in [9.17, 15) is 9.59 Å². The third kappa shape index (κ3) is 11.4. The van der Waals surface area contributed by atoms with Crippen LogP contribution in [-0.4, -0.2) is 11.6 Å². The van der Waals surface area contributed by atoms with Crippen molar-refractivity contribution < 1.29 is 9.59 Å². The Bertz CT molecular complexity index is 618. The second-order valence-corrected chi connectivity index (χ2v) is 9.84. The van der Waals surface area contributed by atoms with Gasteiger partial charge in [-0.2, -0.15) is 0 Å². The highest BCUT2D eigenvalue weighted by Gasteiger charge is 2.17. The second-order valence-electron chi connectivity index (χ2n) is 9.84. The molecular formula is C27H44O2. The van der Waals surface area contributed by atoms with Crippen LogP contribution in [0.15, 0.2) is 34.9 Å². The fourth-order valence-electron chi connectivity index (χ4n) is 4.06. The van der Waals surface area contributed by atoms with Gasteiger partial charge in [0.2, 0.25) is 0 Å². The molecule has 2 atom stereocenters. The molecule has 1 rings (SSSR count). The Balaban J connectivity index is 2.18. The molecule has 0 spiro atoms. The standard InChI is InChI=1S/C27H44O2/c1-20(2)10-7-11-21(3)12-8-13-22(4)14-9-15-23(5)16-17-25-19-26(28)18-24(6)27(25)29/h16,18-22H,7-15,17H2,1-6H3/t21-,22-/m1/s1. The first-order chi connectivity index (χ1) is 13.7. The average Bonchev–Trinajstić information content (AvgIpc) is 2.63. The number of carbonyl (C=O) groups excluding carboxylic acids is 2. The van der Waals surface area contributed by atoms with E-state index in [-0.39, 0.29) is 11.6 Å². The molecular weight excluding hydrogens is 356 g/mol. The van der Waals surface area contributed by atoms with Crippen molar-refractivity contribution in [1.82, 2.24) is 0 Å². The third-order valence-corrected chi connectivity index (χ3v) is 6.14. The predicted octanol–water partition coefficient (Wildman–Crippen LogP) is 7.79. The van der Waals surface area contributed by atoms with E-state index in [2.05, 4.69) is 40.7 Å². The van der Waals surface area contributed by atoms with Gasteiger partial charge in [0.15, 0.2) is 11.6 Å². The van der Waals surface area contributed by atoms with Gasteiger partial charge in [-0.25, -0.2) is 0 Å². The Morgan fingerprint density at radius 3 is 2.00 bits per heavy atom. The molecule has 164 valence electrons. The van der Waals surface area contributed by atoms with Gasteiger partial charge in [0, 0.05) is 11.1 Å². The van der Waals surface area contributed by atoms with Crippen LogP contribution in [0.1, 0.15) is 106 Å². The van der Waals surface area contributed by atoms with Crippen LogP contribution in [-0.2, 0) is 9.59 Å². The van der Waals surface area contributed by atoms with Crippen molar-refractivity contribution in [2.24, 2.45) is 17.8 Å². The maximum atomic E-state index is 12.1. The van der Waals surface area contributed by atoms with Gasteiger partial charge in [-0.1, -0.05) is 84.3 Å². The van der Waals surface area contributed by atoms with E-state index in [1.807, 2.05) is 0 Å². The molecule has 0 heterocycles. The average molecular weight is 401 g/mol. The fourth-order valence-corrected chi connectivity index (χ4v) is 4.06. The molecule has 2 nitrogen and oxygen atoms in total. The van der Waals surface area contributed by atoms with E-state index in [0.717, 1.165) is 24.2 Å². The van der Waals surface area contributed by atoms with E-state index >= 15 is 0 Å². The molecule has 0 aromatic rings. The van der Waals surface area contributed by atoms with Crippen molar-refractivity contribution in [3.05, 3.63) is 34.9 Å². The number of carbonyl (C=O) groups is 2. The first kappa shape index (κ1) is 25.6. The van der Waals surface area contributed by atoms with Gasteiger partial charge in [-0.05, 0) is 63.0 Å². The highest BCUT2D eigenvalue weighted by atomic mass is 16.1. The van der Waals surface area contributed by atoms with Gasteiger partial charge in [-0.15, -0.1) is 0 Å². The number of rotatable bonds is 14. The van der Waals surface area contributed by atoms with E-state index in [4.69, 9.17) is 0 Å². The molecule has 0 aromatic carbocycles. The second kappa shape index (κ2) is 13.7. The SMILES string of the molecule is CC(=CCC1=CC(=O)C=C(C)C1=O)CCC[C@H](C)CCC[C@H](C)CCCC(C)C. The highest BCUT2D eigenvalue weighted by Crippen LogP contribution is 2.23. The lowest BCUT2D eigenvalue weighted by Gasteiger charge is -2.15. The summed E-state index contributed by atoms with van der Waals surface area (Å²) in [6, 6.07) is 0. The van der Waals surface area contributed by atoms with Crippen molar-refractivity contribution in [2.45, 2.75) is 106 Å². The molecule has 0 aromatic heterocycles. The normalized spacial score (nSPS) is 17.4. The molecule has 0 saturated heterocycles. The van der Waals surface area contributed by atoms with Crippen LogP contribution in [0.25, 0.3) is 0 Å². The summed E-state index contributed by atoms with van der Waals surface area (Å²) < 4.78 is 0. The number of ketones is 2. The molecule has 0 radical (unpaired) electrons. The summed E-state index contributed by atoms with van der Waals surface area (Å²) in [4.78, 5) is 23.7. The maximum Gasteiger partial charge on any atom is 0.185 e. The van der Waals surface area contributed by atoms with Crippen molar-refractivity contribution in [2.75, 3.05) is 0 Å². The molecule has 29 heavy (non-hydrogen) atoms. The Hall–Kier alpha value is -1.44. The van der Waals surface area contributed by atoms with Crippen LogP contribution >= 0.6 is 0 Å². The van der Waals surface area contributed by atoms with E-state index in [0.29, 0.717) is 17.6 Å². The summed E-state index contributed by atoms with van der Waals surface area (Å²) in [6.07, 6.45) is 17.4. The van der Waals surface area contributed by atoms with Gasteiger partial charge in [0.05, 0.1) is 0 Å². The monoisotopic (exact) mass is 400 g/mol. The van der Waals surface area contributed by atoms with Gasteiger partial charge in [-0.3, -0.25) is 9.59 Å². The van der Waals surface area contributed by atoms with Crippen LogP contribution in [0.5, 0.6) is 0 Å². The summed E-state index contributed by atoms with van der Waals surface area (Å²) in [5, 5.41) is 0. The van der Waals surface area contributed by atoms with Crippen LogP contribution < -0.4 is 0 Å². The van der Waals surface area contributed by atoms with E-state index in [1.165, 1.54) is 69.1 Å². The fraction of sp³-hybridized carbons (Fsp3) is 0.704.